The van der Waals surface area contributed by atoms with Gasteiger partial charge in [-0.2, -0.15) is 0 Å². The smallest absolute Gasteiger partial charge is 0.247 e. The van der Waals surface area contributed by atoms with Gasteiger partial charge >= 0.3 is 0 Å². The molecule has 28 heavy (non-hydrogen) atoms. The molecule has 0 spiro atoms. The average molecular weight is 392 g/mol. The fourth-order valence-corrected chi connectivity index (χ4v) is 3.79. The first-order valence-electron chi connectivity index (χ1n) is 9.17. The van der Waals surface area contributed by atoms with E-state index in [0.29, 0.717) is 17.5 Å². The minimum atomic E-state index is 0.535. The van der Waals surface area contributed by atoms with Gasteiger partial charge < -0.3 is 8.98 Å². The van der Waals surface area contributed by atoms with Crippen molar-refractivity contribution in [2.24, 2.45) is 0 Å². The number of hydrogen-bond donors (Lipinski definition) is 0. The minimum Gasteiger partial charge on any atom is -0.420 e. The number of aryl methyl sites for hydroxylation is 2. The fourth-order valence-electron chi connectivity index (χ4n) is 2.95. The van der Waals surface area contributed by atoms with Gasteiger partial charge in [0.15, 0.2) is 11.0 Å². The van der Waals surface area contributed by atoms with E-state index in [4.69, 9.17) is 4.42 Å². The summed E-state index contributed by atoms with van der Waals surface area (Å²) in [5.74, 6) is 2.54. The van der Waals surface area contributed by atoms with Gasteiger partial charge in [0.1, 0.15) is 0 Å². The molecule has 0 unspecified atom stereocenters. The average Bonchev–Trinajstić information content (AvgIpc) is 3.34. The molecule has 4 aromatic rings. The van der Waals surface area contributed by atoms with E-state index in [2.05, 4.69) is 57.9 Å². The Morgan fingerprint density at radius 1 is 0.929 bits per heavy atom. The quantitative estimate of drug-likeness (QED) is 0.434. The van der Waals surface area contributed by atoms with Gasteiger partial charge in [-0.05, 0) is 38.5 Å². The summed E-state index contributed by atoms with van der Waals surface area (Å²) in [5, 5.41) is 18.0. The molecule has 0 bridgehead atoms. The van der Waals surface area contributed by atoms with Gasteiger partial charge in [-0.25, -0.2) is 0 Å². The van der Waals surface area contributed by atoms with E-state index in [0.717, 1.165) is 28.7 Å². The summed E-state index contributed by atoms with van der Waals surface area (Å²) in [4.78, 5) is 0. The van der Waals surface area contributed by atoms with Crippen molar-refractivity contribution in [2.45, 2.75) is 38.2 Å². The van der Waals surface area contributed by atoms with Crippen LogP contribution in [0.2, 0.25) is 0 Å². The van der Waals surface area contributed by atoms with Crippen LogP contribution in [0.15, 0.2) is 58.1 Å². The highest BCUT2D eigenvalue weighted by Crippen LogP contribution is 2.28. The largest absolute Gasteiger partial charge is 0.420 e. The number of aromatic nitrogens is 5. The maximum absolute atomic E-state index is 5.81. The van der Waals surface area contributed by atoms with Gasteiger partial charge in [-0.1, -0.05) is 53.7 Å². The first kappa shape index (κ1) is 18.4. The van der Waals surface area contributed by atoms with Crippen LogP contribution in [-0.4, -0.2) is 25.0 Å². The van der Waals surface area contributed by atoms with Crippen molar-refractivity contribution in [1.29, 1.82) is 0 Å². The molecule has 0 amide bonds. The third-order valence-electron chi connectivity index (χ3n) is 4.51. The zero-order valence-electron chi connectivity index (χ0n) is 16.1. The van der Waals surface area contributed by atoms with Gasteiger partial charge in [0, 0.05) is 17.7 Å². The van der Waals surface area contributed by atoms with E-state index in [1.54, 1.807) is 11.8 Å². The summed E-state index contributed by atoms with van der Waals surface area (Å²) in [5.41, 5.74) is 4.40. The van der Waals surface area contributed by atoms with Gasteiger partial charge in [0.2, 0.25) is 11.8 Å². The van der Waals surface area contributed by atoms with E-state index < -0.39 is 0 Å². The molecule has 2 aromatic carbocycles. The molecule has 7 heteroatoms. The molecule has 0 atom stereocenters. The second-order valence-corrected chi connectivity index (χ2v) is 7.46. The van der Waals surface area contributed by atoms with Crippen LogP contribution in [0.3, 0.4) is 0 Å². The van der Waals surface area contributed by atoms with Crippen molar-refractivity contribution < 1.29 is 4.42 Å². The summed E-state index contributed by atoms with van der Waals surface area (Å²) in [6.07, 6.45) is 0. The van der Waals surface area contributed by atoms with Crippen LogP contribution >= 0.6 is 11.8 Å². The van der Waals surface area contributed by atoms with E-state index >= 15 is 0 Å². The topological polar surface area (TPSA) is 69.6 Å². The Kier molecular flexibility index (Phi) is 5.25. The molecule has 0 saturated heterocycles. The van der Waals surface area contributed by atoms with Crippen LogP contribution in [0.4, 0.5) is 0 Å². The van der Waals surface area contributed by atoms with E-state index in [-0.39, 0.29) is 0 Å². The molecule has 6 nitrogen and oxygen atoms in total. The lowest BCUT2D eigenvalue weighted by molar-refractivity contribution is 0.528. The highest BCUT2D eigenvalue weighted by Gasteiger charge is 2.16. The fraction of sp³-hybridized carbons (Fsp3) is 0.238. The van der Waals surface area contributed by atoms with Crippen LogP contribution in [0.1, 0.15) is 23.9 Å². The van der Waals surface area contributed by atoms with Crippen LogP contribution < -0.4 is 0 Å². The van der Waals surface area contributed by atoms with Gasteiger partial charge in [-0.15, -0.1) is 20.4 Å². The van der Waals surface area contributed by atoms with Crippen molar-refractivity contribution in [1.82, 2.24) is 25.0 Å². The molecule has 2 aromatic heterocycles. The van der Waals surface area contributed by atoms with Crippen molar-refractivity contribution in [3.63, 3.8) is 0 Å². The first-order chi connectivity index (χ1) is 13.7. The molecular formula is C21H21N5OS. The maximum Gasteiger partial charge on any atom is 0.247 e. The lowest BCUT2D eigenvalue weighted by Gasteiger charge is -2.08. The maximum atomic E-state index is 5.81. The predicted octanol–water partition coefficient (Wildman–Crippen LogP) is 4.92. The summed E-state index contributed by atoms with van der Waals surface area (Å²) < 4.78 is 7.93. The number of benzene rings is 2. The number of thioether (sulfide) groups is 1. The number of rotatable bonds is 6. The summed E-state index contributed by atoms with van der Waals surface area (Å²) in [6, 6.07) is 16.3. The van der Waals surface area contributed by atoms with Gasteiger partial charge in [0.25, 0.3) is 0 Å². The standard InChI is InChI=1S/C21H21N5OS/c1-4-26-19(17-8-6-5-7-15(17)3)23-25-21(26)28-13-18-22-24-20(27-18)16-11-9-14(2)10-12-16/h5-12H,4,13H2,1-3H3. The highest BCUT2D eigenvalue weighted by molar-refractivity contribution is 7.98. The predicted molar refractivity (Wildman–Crippen MR) is 110 cm³/mol. The van der Waals surface area contributed by atoms with Crippen LogP contribution in [0, 0.1) is 13.8 Å². The Morgan fingerprint density at radius 3 is 2.46 bits per heavy atom. The molecule has 142 valence electrons. The van der Waals surface area contributed by atoms with Crippen molar-refractivity contribution >= 4 is 11.8 Å². The Bertz CT molecular complexity index is 1080. The Labute approximate surface area is 168 Å². The molecule has 0 aliphatic heterocycles. The molecule has 0 N–H and O–H groups in total. The molecule has 0 radical (unpaired) electrons. The molecule has 0 aliphatic rings. The Hall–Kier alpha value is -2.93. The molecule has 0 aliphatic carbocycles. The zero-order chi connectivity index (χ0) is 19.5. The minimum absolute atomic E-state index is 0.535. The zero-order valence-corrected chi connectivity index (χ0v) is 16.9. The summed E-state index contributed by atoms with van der Waals surface area (Å²) in [7, 11) is 0. The van der Waals surface area contributed by atoms with E-state index in [9.17, 15) is 0 Å². The van der Waals surface area contributed by atoms with Crippen LogP contribution in [-0.2, 0) is 12.3 Å². The molecule has 2 heterocycles. The van der Waals surface area contributed by atoms with Crippen LogP contribution in [0.25, 0.3) is 22.8 Å². The Balaban J connectivity index is 1.52. The second-order valence-electron chi connectivity index (χ2n) is 6.52. The monoisotopic (exact) mass is 391 g/mol. The normalized spacial score (nSPS) is 11.1. The Morgan fingerprint density at radius 2 is 1.71 bits per heavy atom. The highest BCUT2D eigenvalue weighted by atomic mass is 32.2. The third kappa shape index (κ3) is 3.71. The van der Waals surface area contributed by atoms with Gasteiger partial charge in [0.05, 0.1) is 5.75 Å². The number of hydrogen-bond acceptors (Lipinski definition) is 6. The second kappa shape index (κ2) is 7.98. The summed E-state index contributed by atoms with van der Waals surface area (Å²) >= 11 is 1.55. The number of nitrogens with zero attached hydrogens (tertiary/aromatic N) is 5. The molecule has 0 fully saturated rings. The lowest BCUT2D eigenvalue weighted by atomic mass is 10.1. The van der Waals surface area contributed by atoms with Crippen molar-refractivity contribution in [3.05, 3.63) is 65.5 Å². The SMILES string of the molecule is CCn1c(SCc2nnc(-c3ccc(C)cc3)o2)nnc1-c1ccccc1C. The first-order valence-corrected chi connectivity index (χ1v) is 10.2. The summed E-state index contributed by atoms with van der Waals surface area (Å²) in [6.45, 7) is 7.02. The van der Waals surface area contributed by atoms with Crippen molar-refractivity contribution in [3.8, 4) is 22.8 Å². The molecule has 0 saturated carbocycles. The van der Waals surface area contributed by atoms with E-state index in [1.165, 1.54) is 11.1 Å². The van der Waals surface area contributed by atoms with E-state index in [1.807, 2.05) is 36.4 Å². The lowest BCUT2D eigenvalue weighted by Crippen LogP contribution is -2.00. The van der Waals surface area contributed by atoms with Crippen molar-refractivity contribution in [2.75, 3.05) is 0 Å². The van der Waals surface area contributed by atoms with Crippen LogP contribution in [0.5, 0.6) is 0 Å². The van der Waals surface area contributed by atoms with Gasteiger partial charge in [-0.3, -0.25) is 0 Å². The molecule has 4 rings (SSSR count). The molecular weight excluding hydrogens is 370 g/mol. The third-order valence-corrected chi connectivity index (χ3v) is 5.46.